The van der Waals surface area contributed by atoms with Gasteiger partial charge in [-0.15, -0.1) is 0 Å². The van der Waals surface area contributed by atoms with Gasteiger partial charge in [0.2, 0.25) is 0 Å². The molecule has 16 heavy (non-hydrogen) atoms. The highest BCUT2D eigenvalue weighted by Crippen LogP contribution is 2.08. The Balaban J connectivity index is 4.61. The van der Waals surface area contributed by atoms with Gasteiger partial charge in [0.05, 0.1) is 17.3 Å². The molecule has 0 aliphatic rings. The molecule has 0 bridgehead atoms. The van der Waals surface area contributed by atoms with E-state index in [0.29, 0.717) is 0 Å². The van der Waals surface area contributed by atoms with Crippen LogP contribution in [0.15, 0.2) is 16.9 Å². The number of nitrogens with zero attached hydrogens (tertiary/aromatic N) is 1. The fourth-order valence-corrected chi connectivity index (χ4v) is 0.785. The molecule has 5 heteroatoms. The Bertz CT molecular complexity index is 347. The number of hydrogen-bond acceptors (Lipinski definition) is 3. The van der Waals surface area contributed by atoms with Gasteiger partial charge in [0.25, 0.3) is 0 Å². The number of rotatable bonds is 2. The number of amides is 1. The lowest BCUT2D eigenvalue weighted by atomic mass is 10.2. The van der Waals surface area contributed by atoms with Crippen LogP contribution in [0.4, 0.5) is 9.18 Å². The molecule has 0 rings (SSSR count). The Morgan fingerprint density at radius 3 is 2.25 bits per heavy atom. The number of halogens is 1. The zero-order chi connectivity index (χ0) is 12.9. The van der Waals surface area contributed by atoms with Crippen LogP contribution in [0.3, 0.4) is 0 Å². The molecule has 0 unspecified atom stereocenters. The van der Waals surface area contributed by atoms with Crippen LogP contribution >= 0.6 is 0 Å². The maximum absolute atomic E-state index is 12.5. The molecule has 0 spiro atoms. The summed E-state index contributed by atoms with van der Waals surface area (Å²) in [5.74, 6) is -0.510. The molecule has 0 aromatic rings. The van der Waals surface area contributed by atoms with Gasteiger partial charge < -0.3 is 4.74 Å². The standard InChI is InChI=1S/C11H17FN2O2/c1-7(12)6-9(13)8(2)14-10(15)16-11(3,4)5/h6,13H,1-5H3/b7-6+,13-9?,14-8?. The van der Waals surface area contributed by atoms with E-state index in [0.717, 1.165) is 6.08 Å². The summed E-state index contributed by atoms with van der Waals surface area (Å²) in [6.45, 7) is 7.81. The molecule has 1 N–H and O–H groups in total. The van der Waals surface area contributed by atoms with Crippen molar-refractivity contribution in [3.63, 3.8) is 0 Å². The zero-order valence-corrected chi connectivity index (χ0v) is 10.2. The lowest BCUT2D eigenvalue weighted by molar-refractivity contribution is 0.0604. The van der Waals surface area contributed by atoms with Crippen LogP contribution in [-0.4, -0.2) is 23.1 Å². The predicted molar refractivity (Wildman–Crippen MR) is 61.9 cm³/mol. The van der Waals surface area contributed by atoms with Crippen molar-refractivity contribution < 1.29 is 13.9 Å². The van der Waals surface area contributed by atoms with E-state index in [1.807, 2.05) is 0 Å². The smallest absolute Gasteiger partial charge is 0.434 e. The molecule has 0 radical (unpaired) electrons. The van der Waals surface area contributed by atoms with Gasteiger partial charge in [0.1, 0.15) is 5.60 Å². The summed E-state index contributed by atoms with van der Waals surface area (Å²) in [7, 11) is 0. The Hall–Kier alpha value is -1.52. The minimum Gasteiger partial charge on any atom is -0.442 e. The van der Waals surface area contributed by atoms with E-state index in [1.165, 1.54) is 13.8 Å². The lowest BCUT2D eigenvalue weighted by Crippen LogP contribution is -2.23. The number of hydrogen-bond donors (Lipinski definition) is 1. The van der Waals surface area contributed by atoms with Crippen LogP contribution in [-0.2, 0) is 4.74 Å². The fourth-order valence-electron chi connectivity index (χ4n) is 0.785. The third-order valence-electron chi connectivity index (χ3n) is 1.39. The first-order valence-electron chi connectivity index (χ1n) is 4.83. The number of allylic oxidation sites excluding steroid dienone is 2. The quantitative estimate of drug-likeness (QED) is 0.737. The first kappa shape index (κ1) is 14.5. The number of nitrogens with one attached hydrogen (secondary N) is 1. The second-order valence-corrected chi connectivity index (χ2v) is 4.32. The van der Waals surface area contributed by atoms with E-state index in [-0.39, 0.29) is 11.4 Å². The monoisotopic (exact) mass is 228 g/mol. The van der Waals surface area contributed by atoms with Crippen molar-refractivity contribution in [1.82, 2.24) is 0 Å². The van der Waals surface area contributed by atoms with Crippen molar-refractivity contribution in [2.75, 3.05) is 0 Å². The van der Waals surface area contributed by atoms with Gasteiger partial charge >= 0.3 is 6.09 Å². The highest BCUT2D eigenvalue weighted by molar-refractivity contribution is 6.45. The summed E-state index contributed by atoms with van der Waals surface area (Å²) in [6.07, 6.45) is 0.211. The van der Waals surface area contributed by atoms with E-state index >= 15 is 0 Å². The van der Waals surface area contributed by atoms with Crippen molar-refractivity contribution in [2.45, 2.75) is 40.2 Å². The number of carbonyl (C=O) groups is 1. The van der Waals surface area contributed by atoms with Crippen LogP contribution in [0.25, 0.3) is 0 Å². The second kappa shape index (κ2) is 5.53. The summed E-state index contributed by atoms with van der Waals surface area (Å²) in [5.41, 5.74) is -0.661. The molecule has 0 saturated carbocycles. The normalized spacial score (nSPS) is 13.6. The molecule has 0 aliphatic carbocycles. The van der Waals surface area contributed by atoms with Gasteiger partial charge in [0.15, 0.2) is 0 Å². The highest BCUT2D eigenvalue weighted by Gasteiger charge is 2.16. The molecular formula is C11H17FN2O2. The summed E-state index contributed by atoms with van der Waals surface area (Å²) in [4.78, 5) is 14.8. The molecule has 0 aromatic heterocycles. The molecule has 0 heterocycles. The van der Waals surface area contributed by atoms with Crippen LogP contribution in [0.1, 0.15) is 34.6 Å². The first-order chi connectivity index (χ1) is 7.11. The third kappa shape index (κ3) is 6.86. The Morgan fingerprint density at radius 2 is 1.88 bits per heavy atom. The van der Waals surface area contributed by atoms with Crippen LogP contribution in [0.5, 0.6) is 0 Å². The Labute approximate surface area is 94.7 Å². The van der Waals surface area contributed by atoms with Gasteiger partial charge in [-0.1, -0.05) is 0 Å². The first-order valence-corrected chi connectivity index (χ1v) is 4.83. The topological polar surface area (TPSA) is 62.5 Å². The van der Waals surface area contributed by atoms with E-state index in [2.05, 4.69) is 4.99 Å². The largest absolute Gasteiger partial charge is 0.442 e. The molecule has 0 fully saturated rings. The van der Waals surface area contributed by atoms with Gasteiger partial charge in [0, 0.05) is 0 Å². The molecule has 0 aliphatic heterocycles. The summed E-state index contributed by atoms with van der Waals surface area (Å²) in [6, 6.07) is 0. The van der Waals surface area contributed by atoms with Crippen molar-refractivity contribution >= 4 is 17.5 Å². The maximum Gasteiger partial charge on any atom is 0.434 e. The van der Waals surface area contributed by atoms with Crippen molar-refractivity contribution in [3.8, 4) is 0 Å². The average molecular weight is 228 g/mol. The number of ether oxygens (including phenoxy) is 1. The molecular weight excluding hydrogens is 211 g/mol. The van der Waals surface area contributed by atoms with Crippen LogP contribution in [0, 0.1) is 5.41 Å². The summed E-state index contributed by atoms with van der Waals surface area (Å²) < 4.78 is 17.4. The number of aliphatic imine (C=N–C) groups is 1. The van der Waals surface area contributed by atoms with Gasteiger partial charge in [-0.25, -0.2) is 9.18 Å². The minimum atomic E-state index is -0.778. The highest BCUT2D eigenvalue weighted by atomic mass is 19.1. The molecule has 90 valence electrons. The predicted octanol–water partition coefficient (Wildman–Crippen LogP) is 3.28. The van der Waals surface area contributed by atoms with Crippen LogP contribution < -0.4 is 0 Å². The van der Waals surface area contributed by atoms with Crippen molar-refractivity contribution in [1.29, 1.82) is 5.41 Å². The SMILES string of the molecule is CC(=NC(=O)OC(C)(C)C)C(=N)/C=C(\C)F. The number of carbonyl (C=O) groups excluding carboxylic acids is 1. The zero-order valence-electron chi connectivity index (χ0n) is 10.2. The van der Waals surface area contributed by atoms with E-state index < -0.39 is 17.5 Å². The van der Waals surface area contributed by atoms with Gasteiger partial charge in [-0.3, -0.25) is 5.41 Å². The molecule has 0 atom stereocenters. The molecule has 4 nitrogen and oxygen atoms in total. The van der Waals surface area contributed by atoms with E-state index in [1.54, 1.807) is 20.8 Å². The Morgan fingerprint density at radius 1 is 1.38 bits per heavy atom. The lowest BCUT2D eigenvalue weighted by Gasteiger charge is -2.17. The average Bonchev–Trinajstić information content (AvgIpc) is 1.98. The fraction of sp³-hybridized carbons (Fsp3) is 0.545. The van der Waals surface area contributed by atoms with Crippen molar-refractivity contribution in [2.24, 2.45) is 4.99 Å². The van der Waals surface area contributed by atoms with Gasteiger partial charge in [-0.05, 0) is 40.7 Å². The third-order valence-corrected chi connectivity index (χ3v) is 1.39. The van der Waals surface area contributed by atoms with Gasteiger partial charge in [-0.2, -0.15) is 4.99 Å². The van der Waals surface area contributed by atoms with Crippen LogP contribution in [0.2, 0.25) is 0 Å². The maximum atomic E-state index is 12.5. The molecule has 0 aromatic carbocycles. The molecule has 0 saturated heterocycles. The van der Waals surface area contributed by atoms with E-state index in [9.17, 15) is 9.18 Å². The van der Waals surface area contributed by atoms with Crippen molar-refractivity contribution in [3.05, 3.63) is 11.9 Å². The summed E-state index contributed by atoms with van der Waals surface area (Å²) >= 11 is 0. The van der Waals surface area contributed by atoms with E-state index in [4.69, 9.17) is 10.1 Å². The minimum absolute atomic E-state index is 0.117. The Kier molecular flexibility index (Phi) is 5.01. The molecule has 1 amide bonds. The second-order valence-electron chi connectivity index (χ2n) is 4.32. The summed E-state index contributed by atoms with van der Waals surface area (Å²) in [5, 5.41) is 7.39.